The third kappa shape index (κ3) is 3.71. The smallest absolute Gasteiger partial charge is 0.411 e. The Hall–Kier alpha value is -2.73. The normalized spacial score (nSPS) is 21.6. The number of amides is 1. The van der Waals surface area contributed by atoms with Crippen LogP contribution in [0.5, 0.6) is 0 Å². The van der Waals surface area contributed by atoms with Crippen molar-refractivity contribution in [3.8, 4) is 0 Å². The predicted molar refractivity (Wildman–Crippen MR) is 95.8 cm³/mol. The minimum absolute atomic E-state index is 0.186. The maximum absolute atomic E-state index is 14.2. The number of ether oxygens (including phenoxy) is 2. The first-order chi connectivity index (χ1) is 13.1. The van der Waals surface area contributed by atoms with Crippen LogP contribution in [0.25, 0.3) is 5.57 Å². The number of hydrogen-bond donors (Lipinski definition) is 0. The molecule has 2 aliphatic heterocycles. The maximum atomic E-state index is 14.2. The molecule has 140 valence electrons. The molecule has 4 rings (SSSR count). The Balaban J connectivity index is 1.53. The molecule has 2 heterocycles. The summed E-state index contributed by atoms with van der Waals surface area (Å²) >= 11 is 0. The summed E-state index contributed by atoms with van der Waals surface area (Å²) in [5.41, 5.74) is 1.84. The third-order valence-corrected chi connectivity index (χ3v) is 4.89. The zero-order valence-corrected chi connectivity index (χ0v) is 14.6. The van der Waals surface area contributed by atoms with Gasteiger partial charge >= 0.3 is 6.09 Å². The molecule has 0 radical (unpaired) electrons. The summed E-state index contributed by atoms with van der Waals surface area (Å²) in [6.07, 6.45) is 1.74. The molecule has 1 saturated heterocycles. The lowest BCUT2D eigenvalue weighted by atomic mass is 9.90. The highest BCUT2D eigenvalue weighted by Crippen LogP contribution is 2.34. The fourth-order valence-corrected chi connectivity index (χ4v) is 3.62. The van der Waals surface area contributed by atoms with Crippen molar-refractivity contribution >= 4 is 11.7 Å². The molecule has 0 saturated carbocycles. The average Bonchev–Trinajstić information content (AvgIpc) is 2.68. The van der Waals surface area contributed by atoms with Gasteiger partial charge in [-0.25, -0.2) is 13.6 Å². The summed E-state index contributed by atoms with van der Waals surface area (Å²) in [4.78, 5) is 14.3. The van der Waals surface area contributed by atoms with E-state index in [2.05, 4.69) is 0 Å². The summed E-state index contributed by atoms with van der Waals surface area (Å²) in [6.45, 7) is 0.828. The quantitative estimate of drug-likeness (QED) is 0.813. The molecule has 1 fully saturated rings. The van der Waals surface area contributed by atoms with E-state index in [1.54, 1.807) is 11.0 Å². The van der Waals surface area contributed by atoms with Crippen LogP contribution in [-0.4, -0.2) is 36.3 Å². The van der Waals surface area contributed by atoms with Crippen LogP contribution in [0.4, 0.5) is 13.6 Å². The zero-order chi connectivity index (χ0) is 18.8. The molecule has 2 aromatic carbocycles. The Morgan fingerprint density at radius 1 is 1.15 bits per heavy atom. The summed E-state index contributed by atoms with van der Waals surface area (Å²) in [6, 6.07) is 12.2. The van der Waals surface area contributed by atoms with Gasteiger partial charge in [-0.3, -0.25) is 4.90 Å². The van der Waals surface area contributed by atoms with Crippen molar-refractivity contribution in [1.82, 2.24) is 4.90 Å². The molecule has 2 atom stereocenters. The van der Waals surface area contributed by atoms with Crippen molar-refractivity contribution in [2.75, 3.05) is 13.2 Å². The van der Waals surface area contributed by atoms with Gasteiger partial charge in [0.25, 0.3) is 0 Å². The SMILES string of the molecule is O=C(OCc1ccccc1)N1C2C=C(c3cc(F)ccc3F)CC1COC2. The van der Waals surface area contributed by atoms with E-state index in [0.29, 0.717) is 25.2 Å². The standard InChI is InChI=1S/C21H19F2NO3/c22-16-6-7-20(23)19(10-16)15-8-17-12-26-13-18(9-15)24(17)21(25)27-11-14-4-2-1-3-5-14/h1-8,10,17-18H,9,11-13H2. The summed E-state index contributed by atoms with van der Waals surface area (Å²) in [5, 5.41) is 0. The molecule has 27 heavy (non-hydrogen) atoms. The van der Waals surface area contributed by atoms with E-state index in [1.807, 2.05) is 30.3 Å². The van der Waals surface area contributed by atoms with E-state index >= 15 is 0 Å². The van der Waals surface area contributed by atoms with Gasteiger partial charge < -0.3 is 9.47 Å². The molecule has 2 aromatic rings. The second-order valence-corrected chi connectivity index (χ2v) is 6.73. The van der Waals surface area contributed by atoms with Crippen molar-refractivity contribution in [2.45, 2.75) is 25.1 Å². The number of carbonyl (C=O) groups is 1. The molecule has 0 spiro atoms. The molecule has 2 bridgehead atoms. The Bertz CT molecular complexity index is 869. The lowest BCUT2D eigenvalue weighted by molar-refractivity contribution is -0.0342. The van der Waals surface area contributed by atoms with Gasteiger partial charge in [-0.05, 0) is 35.8 Å². The van der Waals surface area contributed by atoms with E-state index in [9.17, 15) is 13.6 Å². The van der Waals surface area contributed by atoms with Gasteiger partial charge in [-0.1, -0.05) is 36.4 Å². The number of rotatable bonds is 3. The first-order valence-electron chi connectivity index (χ1n) is 8.84. The fraction of sp³-hybridized carbons (Fsp3) is 0.286. The monoisotopic (exact) mass is 371 g/mol. The number of nitrogens with zero attached hydrogens (tertiary/aromatic N) is 1. The number of hydrogen-bond acceptors (Lipinski definition) is 3. The van der Waals surface area contributed by atoms with E-state index in [-0.39, 0.29) is 24.3 Å². The molecule has 6 heteroatoms. The minimum atomic E-state index is -0.488. The topological polar surface area (TPSA) is 38.8 Å². The lowest BCUT2D eigenvalue weighted by Gasteiger charge is -2.43. The predicted octanol–water partition coefficient (Wildman–Crippen LogP) is 4.16. The molecular formula is C21H19F2NO3. The van der Waals surface area contributed by atoms with Crippen LogP contribution in [0.3, 0.4) is 0 Å². The van der Waals surface area contributed by atoms with Crippen molar-refractivity contribution in [3.63, 3.8) is 0 Å². The molecule has 0 aromatic heterocycles. The molecule has 0 N–H and O–H groups in total. The largest absolute Gasteiger partial charge is 0.445 e. The summed E-state index contributed by atoms with van der Waals surface area (Å²) < 4.78 is 38.7. The number of halogens is 2. The highest BCUT2D eigenvalue weighted by atomic mass is 19.1. The van der Waals surface area contributed by atoms with Crippen LogP contribution in [0.2, 0.25) is 0 Å². The second kappa shape index (κ2) is 7.48. The number of benzene rings is 2. The van der Waals surface area contributed by atoms with Crippen LogP contribution in [0.15, 0.2) is 54.6 Å². The van der Waals surface area contributed by atoms with Crippen molar-refractivity contribution in [3.05, 3.63) is 77.4 Å². The van der Waals surface area contributed by atoms with Gasteiger partial charge in [0.15, 0.2) is 0 Å². The molecule has 2 unspecified atom stereocenters. The first kappa shape index (κ1) is 17.7. The molecule has 4 nitrogen and oxygen atoms in total. The molecule has 1 amide bonds. The maximum Gasteiger partial charge on any atom is 0.411 e. The van der Waals surface area contributed by atoms with E-state index in [1.165, 1.54) is 6.07 Å². The van der Waals surface area contributed by atoms with E-state index in [0.717, 1.165) is 17.7 Å². The number of morpholine rings is 1. The Morgan fingerprint density at radius 2 is 1.96 bits per heavy atom. The van der Waals surface area contributed by atoms with Crippen LogP contribution >= 0.6 is 0 Å². The minimum Gasteiger partial charge on any atom is -0.445 e. The van der Waals surface area contributed by atoms with Crippen molar-refractivity contribution in [2.24, 2.45) is 0 Å². The van der Waals surface area contributed by atoms with Crippen LogP contribution < -0.4 is 0 Å². The average molecular weight is 371 g/mol. The van der Waals surface area contributed by atoms with Crippen molar-refractivity contribution < 1.29 is 23.0 Å². The van der Waals surface area contributed by atoms with Gasteiger partial charge in [-0.2, -0.15) is 0 Å². The molecule has 2 aliphatic rings. The Labute approximate surface area is 156 Å². The molecule has 0 aliphatic carbocycles. The van der Waals surface area contributed by atoms with Crippen LogP contribution in [-0.2, 0) is 16.1 Å². The van der Waals surface area contributed by atoms with E-state index < -0.39 is 17.7 Å². The van der Waals surface area contributed by atoms with Crippen LogP contribution in [0, 0.1) is 11.6 Å². The third-order valence-electron chi connectivity index (χ3n) is 4.89. The van der Waals surface area contributed by atoms with Gasteiger partial charge in [0.1, 0.15) is 18.2 Å². The summed E-state index contributed by atoms with van der Waals surface area (Å²) in [5.74, 6) is -0.958. The highest BCUT2D eigenvalue weighted by Gasteiger charge is 2.39. The fourth-order valence-electron chi connectivity index (χ4n) is 3.62. The van der Waals surface area contributed by atoms with Gasteiger partial charge in [0.2, 0.25) is 0 Å². The van der Waals surface area contributed by atoms with Gasteiger partial charge in [-0.15, -0.1) is 0 Å². The first-order valence-corrected chi connectivity index (χ1v) is 8.84. The van der Waals surface area contributed by atoms with Gasteiger partial charge in [0, 0.05) is 5.56 Å². The van der Waals surface area contributed by atoms with Crippen LogP contribution in [0.1, 0.15) is 17.5 Å². The number of carbonyl (C=O) groups excluding carboxylic acids is 1. The summed E-state index contributed by atoms with van der Waals surface area (Å²) in [7, 11) is 0. The second-order valence-electron chi connectivity index (χ2n) is 6.73. The number of fused-ring (bicyclic) bond motifs is 2. The van der Waals surface area contributed by atoms with Gasteiger partial charge in [0.05, 0.1) is 25.3 Å². The van der Waals surface area contributed by atoms with E-state index in [4.69, 9.17) is 9.47 Å². The lowest BCUT2D eigenvalue weighted by Crippen LogP contribution is -2.56. The molecular weight excluding hydrogens is 352 g/mol. The zero-order valence-electron chi connectivity index (χ0n) is 14.6. The van der Waals surface area contributed by atoms with Crippen molar-refractivity contribution in [1.29, 1.82) is 0 Å². The Morgan fingerprint density at radius 3 is 2.74 bits per heavy atom. The highest BCUT2D eigenvalue weighted by molar-refractivity contribution is 5.74. The Kier molecular flexibility index (Phi) is 4.90.